The van der Waals surface area contributed by atoms with Gasteiger partial charge in [-0.3, -0.25) is 4.79 Å². The molecule has 0 amide bonds. The maximum Gasteiger partial charge on any atom is 0.326 e. The lowest BCUT2D eigenvalue weighted by Crippen LogP contribution is -2.54. The van der Waals surface area contributed by atoms with Gasteiger partial charge in [0.15, 0.2) is 0 Å². The van der Waals surface area contributed by atoms with Gasteiger partial charge in [-0.1, -0.05) is 5.11 Å². The summed E-state index contributed by atoms with van der Waals surface area (Å²) in [5.41, 5.74) is 7.60. The second kappa shape index (κ2) is 7.20. The number of hydrogen-bond donors (Lipinski definition) is 1. The van der Waals surface area contributed by atoms with Crippen LogP contribution in [0.4, 0.5) is 0 Å². The molecule has 1 fully saturated rings. The number of hydrogen-bond acceptors (Lipinski definition) is 5. The molecule has 0 aliphatic carbocycles. The number of carbonyl (C=O) groups excluding carboxylic acids is 1. The molecule has 1 atom stereocenters. The second-order valence-corrected chi connectivity index (χ2v) is 4.61. The van der Waals surface area contributed by atoms with Gasteiger partial charge >= 0.3 is 5.97 Å². The molecule has 1 aliphatic rings. The van der Waals surface area contributed by atoms with E-state index in [4.69, 9.17) is 10.3 Å². The van der Waals surface area contributed by atoms with Crippen molar-refractivity contribution in [2.24, 2.45) is 5.11 Å². The molecule has 1 saturated heterocycles. The summed E-state index contributed by atoms with van der Waals surface area (Å²) in [6.45, 7) is 2.66. The predicted molar refractivity (Wildman–Crippen MR) is 68.1 cm³/mol. The molecule has 0 aromatic heterocycles. The normalized spacial score (nSPS) is 25.0. The monoisotopic (exact) mass is 255 g/mol. The summed E-state index contributed by atoms with van der Waals surface area (Å²) in [4.78, 5) is 16.9. The lowest BCUT2D eigenvalue weighted by atomic mass is 9.90. The van der Waals surface area contributed by atoms with E-state index in [9.17, 15) is 4.79 Å². The van der Waals surface area contributed by atoms with Gasteiger partial charge in [-0.25, -0.2) is 0 Å². The van der Waals surface area contributed by atoms with Crippen molar-refractivity contribution < 1.29 is 9.53 Å². The van der Waals surface area contributed by atoms with Gasteiger partial charge in [0, 0.05) is 24.5 Å². The molecular formula is C11H21N5O2. The Morgan fingerprint density at radius 3 is 3.00 bits per heavy atom. The number of nitrogens with zero attached hydrogens (tertiary/aromatic N) is 4. The average Bonchev–Trinajstić information content (AvgIpc) is 2.57. The summed E-state index contributed by atoms with van der Waals surface area (Å²) in [5, 5.41) is 6.68. The van der Waals surface area contributed by atoms with Crippen LogP contribution >= 0.6 is 0 Å². The molecule has 1 heterocycles. The van der Waals surface area contributed by atoms with E-state index in [1.807, 2.05) is 7.05 Å². The van der Waals surface area contributed by atoms with Gasteiger partial charge in [0.05, 0.1) is 7.11 Å². The second-order valence-electron chi connectivity index (χ2n) is 4.61. The van der Waals surface area contributed by atoms with E-state index in [-0.39, 0.29) is 5.97 Å². The van der Waals surface area contributed by atoms with Crippen molar-refractivity contribution in [1.82, 2.24) is 10.2 Å². The van der Waals surface area contributed by atoms with Gasteiger partial charge in [0.2, 0.25) is 0 Å². The molecule has 1 rings (SSSR count). The van der Waals surface area contributed by atoms with E-state index in [1.54, 1.807) is 0 Å². The molecule has 1 unspecified atom stereocenters. The first-order valence-corrected chi connectivity index (χ1v) is 6.17. The number of rotatable bonds is 5. The van der Waals surface area contributed by atoms with E-state index in [0.29, 0.717) is 19.5 Å². The standard InChI is InChI=1S/C11H21N5O2/c1-16-8-3-4-11(5-9-16,10(17)18-2)13-6-7-14-15-12/h13H,3-9H2,1-2H3. The van der Waals surface area contributed by atoms with Crippen LogP contribution in [0.15, 0.2) is 5.11 Å². The number of nitrogens with one attached hydrogen (secondary N) is 1. The van der Waals surface area contributed by atoms with Crippen molar-refractivity contribution in [3.63, 3.8) is 0 Å². The summed E-state index contributed by atoms with van der Waals surface area (Å²) in [6, 6.07) is 0. The van der Waals surface area contributed by atoms with E-state index in [2.05, 4.69) is 20.2 Å². The number of methoxy groups -OCH3 is 1. The largest absolute Gasteiger partial charge is 0.468 e. The zero-order chi connectivity index (χ0) is 13.4. The topological polar surface area (TPSA) is 90.3 Å². The molecule has 0 bridgehead atoms. The average molecular weight is 255 g/mol. The Bertz CT molecular complexity index is 329. The Morgan fingerprint density at radius 1 is 1.56 bits per heavy atom. The van der Waals surface area contributed by atoms with Gasteiger partial charge in [0.1, 0.15) is 5.54 Å². The van der Waals surface area contributed by atoms with E-state index >= 15 is 0 Å². The molecule has 7 nitrogen and oxygen atoms in total. The number of ether oxygens (including phenoxy) is 1. The highest BCUT2D eigenvalue weighted by Crippen LogP contribution is 2.23. The maximum absolute atomic E-state index is 12.0. The van der Waals surface area contributed by atoms with Gasteiger partial charge < -0.3 is 15.0 Å². The van der Waals surface area contributed by atoms with Crippen LogP contribution in [-0.4, -0.2) is 56.7 Å². The zero-order valence-corrected chi connectivity index (χ0v) is 11.1. The SMILES string of the molecule is COC(=O)C1(NCCN=[N+]=[N-])CCCN(C)CC1. The highest BCUT2D eigenvalue weighted by Gasteiger charge is 2.39. The first-order valence-electron chi connectivity index (χ1n) is 6.17. The quantitative estimate of drug-likeness (QED) is 0.260. The molecule has 0 aromatic rings. The smallest absolute Gasteiger partial charge is 0.326 e. The molecule has 0 radical (unpaired) electrons. The van der Waals surface area contributed by atoms with Crippen molar-refractivity contribution in [2.45, 2.75) is 24.8 Å². The van der Waals surface area contributed by atoms with Crippen LogP contribution in [0.1, 0.15) is 19.3 Å². The van der Waals surface area contributed by atoms with Gasteiger partial charge in [-0.2, -0.15) is 0 Å². The number of esters is 1. The van der Waals surface area contributed by atoms with E-state index < -0.39 is 5.54 Å². The Labute approximate surface area is 107 Å². The summed E-state index contributed by atoms with van der Waals surface area (Å²) in [5.74, 6) is -0.223. The summed E-state index contributed by atoms with van der Waals surface area (Å²) in [6.07, 6.45) is 2.41. The molecule has 0 spiro atoms. The Morgan fingerprint density at radius 2 is 2.33 bits per heavy atom. The lowest BCUT2D eigenvalue weighted by Gasteiger charge is -2.30. The third kappa shape index (κ3) is 3.87. The third-order valence-corrected chi connectivity index (χ3v) is 3.38. The minimum absolute atomic E-state index is 0.223. The molecule has 0 aromatic carbocycles. The van der Waals surface area contributed by atoms with Crippen LogP contribution in [0.2, 0.25) is 0 Å². The van der Waals surface area contributed by atoms with Crippen LogP contribution < -0.4 is 5.32 Å². The Kier molecular flexibility index (Phi) is 5.91. The Balaban J connectivity index is 2.68. The first-order chi connectivity index (χ1) is 8.64. The molecule has 18 heavy (non-hydrogen) atoms. The van der Waals surface area contributed by atoms with Crippen molar-refractivity contribution in [3.8, 4) is 0 Å². The minimum atomic E-state index is -0.634. The third-order valence-electron chi connectivity index (χ3n) is 3.38. The van der Waals surface area contributed by atoms with Gasteiger partial charge in [0.25, 0.3) is 0 Å². The summed E-state index contributed by atoms with van der Waals surface area (Å²) < 4.78 is 4.92. The molecule has 1 aliphatic heterocycles. The van der Waals surface area contributed by atoms with E-state index in [0.717, 1.165) is 25.9 Å². The highest BCUT2D eigenvalue weighted by molar-refractivity contribution is 5.80. The Hall–Kier alpha value is -1.30. The fourth-order valence-corrected chi connectivity index (χ4v) is 2.31. The number of likely N-dealkylation sites (tertiary alicyclic amines) is 1. The summed E-state index contributed by atoms with van der Waals surface area (Å²) in [7, 11) is 3.46. The lowest BCUT2D eigenvalue weighted by molar-refractivity contribution is -0.149. The summed E-state index contributed by atoms with van der Waals surface area (Å²) >= 11 is 0. The number of carbonyl (C=O) groups is 1. The van der Waals surface area contributed by atoms with Crippen LogP contribution in [0, 0.1) is 0 Å². The van der Waals surface area contributed by atoms with Crippen LogP contribution in [-0.2, 0) is 9.53 Å². The molecule has 102 valence electrons. The fourth-order valence-electron chi connectivity index (χ4n) is 2.31. The van der Waals surface area contributed by atoms with Gasteiger partial charge in [-0.05, 0) is 38.4 Å². The first kappa shape index (κ1) is 14.8. The molecule has 7 heteroatoms. The fraction of sp³-hybridized carbons (Fsp3) is 0.909. The van der Waals surface area contributed by atoms with E-state index in [1.165, 1.54) is 7.11 Å². The highest BCUT2D eigenvalue weighted by atomic mass is 16.5. The molecule has 0 saturated carbocycles. The number of azide groups is 1. The van der Waals surface area contributed by atoms with Crippen molar-refractivity contribution in [2.75, 3.05) is 40.3 Å². The van der Waals surface area contributed by atoms with Crippen molar-refractivity contribution in [1.29, 1.82) is 0 Å². The predicted octanol–water partition coefficient (Wildman–Crippen LogP) is 0.914. The van der Waals surface area contributed by atoms with Crippen LogP contribution in [0.3, 0.4) is 0 Å². The molecular weight excluding hydrogens is 234 g/mol. The van der Waals surface area contributed by atoms with Crippen LogP contribution in [0.25, 0.3) is 10.4 Å². The maximum atomic E-state index is 12.0. The van der Waals surface area contributed by atoms with Crippen molar-refractivity contribution >= 4 is 5.97 Å². The van der Waals surface area contributed by atoms with Crippen LogP contribution in [0.5, 0.6) is 0 Å². The molecule has 1 N–H and O–H groups in total. The van der Waals surface area contributed by atoms with Crippen molar-refractivity contribution in [3.05, 3.63) is 10.4 Å². The van der Waals surface area contributed by atoms with Gasteiger partial charge in [-0.15, -0.1) is 0 Å². The minimum Gasteiger partial charge on any atom is -0.468 e. The zero-order valence-electron chi connectivity index (χ0n) is 11.1.